The van der Waals surface area contributed by atoms with Gasteiger partial charge in [-0.05, 0) is 79.7 Å². The monoisotopic (exact) mass is 665 g/mol. The van der Waals surface area contributed by atoms with Gasteiger partial charge in [0.1, 0.15) is 0 Å². The number of aryl methyl sites for hydroxylation is 1. The van der Waals surface area contributed by atoms with E-state index in [1.165, 1.54) is 54.4 Å². The Hall–Kier alpha value is -6.98. The molecular weight excluding hydrogens is 635 g/mol. The second-order valence-electron chi connectivity index (χ2n) is 13.5. The summed E-state index contributed by atoms with van der Waals surface area (Å²) < 4.78 is 7.20. The van der Waals surface area contributed by atoms with E-state index in [4.69, 9.17) is 0 Å². The molecule has 11 rings (SSSR count). The van der Waals surface area contributed by atoms with Crippen LogP contribution in [0.5, 0.6) is 0 Å². The standard InChI is InChI=1S/C47H31N5/c1-30-47(49-27-26-48-30)31-18-20-32(21-19-31)50-45-24-22-33(51-41-14-6-2-10-35(41)36-11-3-7-15-42(36)51)28-39(45)40-29-34(23-25-46(40)50)52-43-16-8-4-12-37(43)38-13-5-9-17-44(38)52/h2-29H,1H3. The molecule has 0 saturated carbocycles. The Morgan fingerprint density at radius 1 is 0.346 bits per heavy atom. The largest absolute Gasteiger partial charge is 0.309 e. The Kier molecular flexibility index (Phi) is 6.10. The van der Waals surface area contributed by atoms with Gasteiger partial charge in [0.05, 0.1) is 44.5 Å². The molecule has 0 amide bonds. The minimum atomic E-state index is 0.905. The van der Waals surface area contributed by atoms with Crippen LogP contribution in [0.3, 0.4) is 0 Å². The predicted octanol–water partition coefficient (Wildman–Crippen LogP) is 11.7. The van der Waals surface area contributed by atoms with Crippen LogP contribution >= 0.6 is 0 Å². The molecule has 5 nitrogen and oxygen atoms in total. The first-order chi connectivity index (χ1) is 25.7. The van der Waals surface area contributed by atoms with E-state index in [1.807, 2.05) is 6.92 Å². The number of benzene rings is 7. The van der Waals surface area contributed by atoms with Gasteiger partial charge in [0.15, 0.2) is 0 Å². The van der Waals surface area contributed by atoms with Crippen molar-refractivity contribution in [2.45, 2.75) is 6.92 Å². The van der Waals surface area contributed by atoms with Crippen molar-refractivity contribution in [3.8, 4) is 28.3 Å². The maximum absolute atomic E-state index is 4.62. The highest BCUT2D eigenvalue weighted by molar-refractivity contribution is 6.14. The normalized spacial score (nSPS) is 11.9. The predicted molar refractivity (Wildman–Crippen MR) is 215 cm³/mol. The molecule has 0 unspecified atom stereocenters. The molecule has 0 N–H and O–H groups in total. The molecular formula is C47H31N5. The summed E-state index contributed by atoms with van der Waals surface area (Å²) in [6.07, 6.45) is 3.50. The fourth-order valence-electron chi connectivity index (χ4n) is 8.42. The van der Waals surface area contributed by atoms with Crippen LogP contribution in [0.2, 0.25) is 0 Å². The molecule has 244 valence electrons. The first-order valence-corrected chi connectivity index (χ1v) is 17.7. The van der Waals surface area contributed by atoms with Gasteiger partial charge < -0.3 is 13.7 Å². The summed E-state index contributed by atoms with van der Waals surface area (Å²) in [6, 6.07) is 57.4. The van der Waals surface area contributed by atoms with Crippen molar-refractivity contribution in [2.75, 3.05) is 0 Å². The molecule has 0 bridgehead atoms. The highest BCUT2D eigenvalue weighted by Crippen LogP contribution is 2.39. The smallest absolute Gasteiger partial charge is 0.0914 e. The molecule has 5 heteroatoms. The number of fused-ring (bicyclic) bond motifs is 9. The lowest BCUT2D eigenvalue weighted by atomic mass is 10.1. The van der Waals surface area contributed by atoms with Gasteiger partial charge in [0.25, 0.3) is 0 Å². The number of hydrogen-bond donors (Lipinski definition) is 0. The number of aromatic nitrogens is 5. The second kappa shape index (κ2) is 11.0. The highest BCUT2D eigenvalue weighted by Gasteiger charge is 2.19. The van der Waals surface area contributed by atoms with Gasteiger partial charge in [-0.2, -0.15) is 0 Å². The third-order valence-corrected chi connectivity index (χ3v) is 10.7. The van der Waals surface area contributed by atoms with Gasteiger partial charge >= 0.3 is 0 Å². The van der Waals surface area contributed by atoms with Crippen molar-refractivity contribution < 1.29 is 0 Å². The number of nitrogens with zero attached hydrogens (tertiary/aromatic N) is 5. The van der Waals surface area contributed by atoms with Crippen LogP contribution in [-0.4, -0.2) is 23.7 Å². The quantitative estimate of drug-likeness (QED) is 0.188. The highest BCUT2D eigenvalue weighted by atomic mass is 15.0. The molecule has 0 aliphatic rings. The van der Waals surface area contributed by atoms with E-state index in [2.05, 4.69) is 181 Å². The van der Waals surface area contributed by atoms with Crippen molar-refractivity contribution >= 4 is 65.4 Å². The summed E-state index contributed by atoms with van der Waals surface area (Å²) in [5.41, 5.74) is 13.4. The Morgan fingerprint density at radius 3 is 1.15 bits per heavy atom. The van der Waals surface area contributed by atoms with Crippen LogP contribution in [0, 0.1) is 6.92 Å². The van der Waals surface area contributed by atoms with Gasteiger partial charge in [0.2, 0.25) is 0 Å². The molecule has 4 aromatic heterocycles. The summed E-state index contributed by atoms with van der Waals surface area (Å²) in [5.74, 6) is 0. The number of para-hydroxylation sites is 4. The first kappa shape index (κ1) is 28.8. The Morgan fingerprint density at radius 2 is 0.712 bits per heavy atom. The van der Waals surface area contributed by atoms with Crippen LogP contribution in [0.15, 0.2) is 170 Å². The summed E-state index contributed by atoms with van der Waals surface area (Å²) in [4.78, 5) is 9.09. The summed E-state index contributed by atoms with van der Waals surface area (Å²) in [7, 11) is 0. The van der Waals surface area contributed by atoms with Gasteiger partial charge in [0, 0.05) is 67.3 Å². The molecule has 4 heterocycles. The SMILES string of the molecule is Cc1nccnc1-c1ccc(-n2c3ccc(-n4c5ccccc5c5ccccc54)cc3c3cc(-n4c5ccccc5c5ccccc54)ccc32)cc1. The van der Waals surface area contributed by atoms with Crippen LogP contribution in [0.1, 0.15) is 5.69 Å². The van der Waals surface area contributed by atoms with Gasteiger partial charge in [-0.1, -0.05) is 84.9 Å². The molecule has 11 aromatic rings. The van der Waals surface area contributed by atoms with Crippen LogP contribution in [0.4, 0.5) is 0 Å². The average molecular weight is 666 g/mol. The van der Waals surface area contributed by atoms with Gasteiger partial charge in [-0.15, -0.1) is 0 Å². The topological polar surface area (TPSA) is 40.6 Å². The van der Waals surface area contributed by atoms with E-state index < -0.39 is 0 Å². The average Bonchev–Trinajstić information content (AvgIpc) is 3.83. The van der Waals surface area contributed by atoms with E-state index >= 15 is 0 Å². The first-order valence-electron chi connectivity index (χ1n) is 17.7. The fourth-order valence-corrected chi connectivity index (χ4v) is 8.42. The minimum Gasteiger partial charge on any atom is -0.309 e. The molecule has 0 atom stereocenters. The molecule has 0 aliphatic heterocycles. The van der Waals surface area contributed by atoms with Crippen molar-refractivity contribution in [3.63, 3.8) is 0 Å². The summed E-state index contributed by atoms with van der Waals surface area (Å²) in [6.45, 7) is 2.01. The van der Waals surface area contributed by atoms with Crippen molar-refractivity contribution in [1.82, 2.24) is 23.7 Å². The number of hydrogen-bond acceptors (Lipinski definition) is 2. The Labute approximate surface area is 299 Å². The van der Waals surface area contributed by atoms with E-state index in [0.717, 1.165) is 45.0 Å². The molecule has 0 spiro atoms. The molecule has 7 aromatic carbocycles. The lowest BCUT2D eigenvalue weighted by Crippen LogP contribution is -1.97. The maximum atomic E-state index is 4.62. The Bertz CT molecular complexity index is 2920. The minimum absolute atomic E-state index is 0.905. The van der Waals surface area contributed by atoms with E-state index in [0.29, 0.717) is 0 Å². The fraction of sp³-hybridized carbons (Fsp3) is 0.0213. The van der Waals surface area contributed by atoms with E-state index in [-0.39, 0.29) is 0 Å². The van der Waals surface area contributed by atoms with E-state index in [1.54, 1.807) is 12.4 Å². The maximum Gasteiger partial charge on any atom is 0.0914 e. The van der Waals surface area contributed by atoms with Crippen molar-refractivity contribution in [1.29, 1.82) is 0 Å². The second-order valence-corrected chi connectivity index (χ2v) is 13.5. The molecule has 0 fully saturated rings. The van der Waals surface area contributed by atoms with Gasteiger partial charge in [-0.3, -0.25) is 9.97 Å². The van der Waals surface area contributed by atoms with Crippen molar-refractivity contribution in [2.24, 2.45) is 0 Å². The lowest BCUT2D eigenvalue weighted by molar-refractivity contribution is 1.12. The third kappa shape index (κ3) is 4.11. The summed E-state index contributed by atoms with van der Waals surface area (Å²) >= 11 is 0. The zero-order valence-electron chi connectivity index (χ0n) is 28.4. The zero-order valence-corrected chi connectivity index (χ0v) is 28.4. The van der Waals surface area contributed by atoms with Crippen LogP contribution < -0.4 is 0 Å². The Balaban J connectivity index is 1.19. The molecule has 0 radical (unpaired) electrons. The third-order valence-electron chi connectivity index (χ3n) is 10.7. The summed E-state index contributed by atoms with van der Waals surface area (Å²) in [5, 5.41) is 7.43. The zero-order chi connectivity index (χ0) is 34.3. The van der Waals surface area contributed by atoms with E-state index in [9.17, 15) is 0 Å². The van der Waals surface area contributed by atoms with Crippen LogP contribution in [0.25, 0.3) is 93.7 Å². The lowest BCUT2D eigenvalue weighted by Gasteiger charge is -2.11. The van der Waals surface area contributed by atoms with Crippen LogP contribution in [-0.2, 0) is 0 Å². The van der Waals surface area contributed by atoms with Crippen molar-refractivity contribution in [3.05, 3.63) is 176 Å². The molecule has 52 heavy (non-hydrogen) atoms. The molecule has 0 saturated heterocycles. The number of rotatable bonds is 4. The molecule has 0 aliphatic carbocycles. The van der Waals surface area contributed by atoms with Gasteiger partial charge in [-0.25, -0.2) is 0 Å².